The highest BCUT2D eigenvalue weighted by Crippen LogP contribution is 2.18. The molecule has 0 spiro atoms. The molecule has 2 N–H and O–H groups in total. The molecular formula is C15H22O4. The van der Waals surface area contributed by atoms with Crippen molar-refractivity contribution in [1.82, 2.24) is 0 Å². The standard InChI is InChI=1S/C15H22O4/c16-14(15(17)9-13-11-19-13)7-4-8-18-10-12-5-2-1-3-6-12/h1-3,5-6,13-17H,4,7-11H2/t13?,14-,15-/m0/s1. The van der Waals surface area contributed by atoms with Crippen molar-refractivity contribution in [1.29, 1.82) is 0 Å². The minimum absolute atomic E-state index is 0.152. The zero-order valence-electron chi connectivity index (χ0n) is 11.1. The molecule has 0 aromatic heterocycles. The maximum atomic E-state index is 9.75. The molecule has 1 unspecified atom stereocenters. The van der Waals surface area contributed by atoms with Gasteiger partial charge in [-0.15, -0.1) is 0 Å². The third kappa shape index (κ3) is 5.70. The van der Waals surface area contributed by atoms with Crippen molar-refractivity contribution in [3.05, 3.63) is 35.9 Å². The average molecular weight is 266 g/mol. The predicted molar refractivity (Wildman–Crippen MR) is 71.7 cm³/mol. The van der Waals surface area contributed by atoms with E-state index in [1.807, 2.05) is 30.3 Å². The predicted octanol–water partition coefficient (Wildman–Crippen LogP) is 1.49. The van der Waals surface area contributed by atoms with Gasteiger partial charge in [-0.1, -0.05) is 30.3 Å². The molecule has 0 radical (unpaired) electrons. The number of aliphatic hydroxyl groups is 2. The summed E-state index contributed by atoms with van der Waals surface area (Å²) in [5.74, 6) is 0. The van der Waals surface area contributed by atoms with Crippen molar-refractivity contribution in [2.45, 2.75) is 44.2 Å². The van der Waals surface area contributed by atoms with E-state index >= 15 is 0 Å². The number of ether oxygens (including phenoxy) is 2. The summed E-state index contributed by atoms with van der Waals surface area (Å²) in [6, 6.07) is 9.99. The van der Waals surface area contributed by atoms with E-state index in [4.69, 9.17) is 9.47 Å². The van der Waals surface area contributed by atoms with Gasteiger partial charge in [0.25, 0.3) is 0 Å². The van der Waals surface area contributed by atoms with Crippen LogP contribution in [0.25, 0.3) is 0 Å². The molecule has 1 fully saturated rings. The van der Waals surface area contributed by atoms with Gasteiger partial charge in [-0.3, -0.25) is 0 Å². The van der Waals surface area contributed by atoms with Crippen molar-refractivity contribution in [2.24, 2.45) is 0 Å². The van der Waals surface area contributed by atoms with E-state index in [1.54, 1.807) is 0 Å². The average Bonchev–Trinajstić information content (AvgIpc) is 3.23. The van der Waals surface area contributed by atoms with Gasteiger partial charge in [0, 0.05) is 13.0 Å². The van der Waals surface area contributed by atoms with Crippen LogP contribution >= 0.6 is 0 Å². The fourth-order valence-electron chi connectivity index (χ4n) is 1.98. The van der Waals surface area contributed by atoms with Crippen LogP contribution in [0, 0.1) is 0 Å². The fourth-order valence-corrected chi connectivity index (χ4v) is 1.98. The van der Waals surface area contributed by atoms with Crippen LogP contribution < -0.4 is 0 Å². The normalized spacial score (nSPS) is 21.1. The molecule has 4 heteroatoms. The Morgan fingerprint density at radius 1 is 1.21 bits per heavy atom. The number of hydrogen-bond donors (Lipinski definition) is 2. The second kappa shape index (κ2) is 7.60. The molecular weight excluding hydrogens is 244 g/mol. The van der Waals surface area contributed by atoms with E-state index in [2.05, 4.69) is 0 Å². The lowest BCUT2D eigenvalue weighted by Crippen LogP contribution is -2.27. The molecule has 2 rings (SSSR count). The molecule has 1 heterocycles. The van der Waals surface area contributed by atoms with Crippen LogP contribution in [0.3, 0.4) is 0 Å². The zero-order valence-corrected chi connectivity index (χ0v) is 11.1. The van der Waals surface area contributed by atoms with E-state index in [-0.39, 0.29) is 6.10 Å². The molecule has 1 aliphatic heterocycles. The number of aliphatic hydroxyl groups excluding tert-OH is 2. The fraction of sp³-hybridized carbons (Fsp3) is 0.600. The molecule has 1 saturated heterocycles. The second-order valence-corrected chi connectivity index (χ2v) is 5.01. The minimum Gasteiger partial charge on any atom is -0.390 e. The first-order chi connectivity index (χ1) is 9.25. The van der Waals surface area contributed by atoms with Crippen LogP contribution in [0.4, 0.5) is 0 Å². The van der Waals surface area contributed by atoms with Crippen molar-refractivity contribution < 1.29 is 19.7 Å². The summed E-state index contributed by atoms with van der Waals surface area (Å²) < 4.78 is 10.6. The molecule has 106 valence electrons. The maximum absolute atomic E-state index is 9.75. The van der Waals surface area contributed by atoms with E-state index in [1.165, 1.54) is 0 Å². The van der Waals surface area contributed by atoms with Crippen LogP contribution in [0.2, 0.25) is 0 Å². The summed E-state index contributed by atoms with van der Waals surface area (Å²) in [5, 5.41) is 19.4. The molecule has 0 amide bonds. The van der Waals surface area contributed by atoms with Crippen LogP contribution in [-0.2, 0) is 16.1 Å². The third-order valence-corrected chi connectivity index (χ3v) is 3.25. The van der Waals surface area contributed by atoms with Gasteiger partial charge in [-0.2, -0.15) is 0 Å². The van der Waals surface area contributed by atoms with Gasteiger partial charge in [0.05, 0.1) is 31.5 Å². The largest absolute Gasteiger partial charge is 0.390 e. The van der Waals surface area contributed by atoms with Crippen LogP contribution in [0.15, 0.2) is 30.3 Å². The molecule has 1 aliphatic rings. The second-order valence-electron chi connectivity index (χ2n) is 5.01. The molecule has 19 heavy (non-hydrogen) atoms. The number of rotatable bonds is 9. The van der Waals surface area contributed by atoms with Crippen molar-refractivity contribution in [2.75, 3.05) is 13.2 Å². The quantitative estimate of drug-likeness (QED) is 0.525. The lowest BCUT2D eigenvalue weighted by atomic mass is 10.0. The highest BCUT2D eigenvalue weighted by atomic mass is 16.6. The molecule has 0 bridgehead atoms. The Morgan fingerprint density at radius 2 is 1.95 bits per heavy atom. The smallest absolute Gasteiger partial charge is 0.0835 e. The summed E-state index contributed by atoms with van der Waals surface area (Å²) in [6.45, 7) is 1.90. The third-order valence-electron chi connectivity index (χ3n) is 3.25. The summed E-state index contributed by atoms with van der Waals surface area (Å²) in [4.78, 5) is 0. The maximum Gasteiger partial charge on any atom is 0.0835 e. The first kappa shape index (κ1) is 14.5. The van der Waals surface area contributed by atoms with Crippen LogP contribution in [0.1, 0.15) is 24.8 Å². The van der Waals surface area contributed by atoms with Crippen molar-refractivity contribution >= 4 is 0 Å². The van der Waals surface area contributed by atoms with Gasteiger partial charge in [0.2, 0.25) is 0 Å². The molecule has 4 nitrogen and oxygen atoms in total. The van der Waals surface area contributed by atoms with Gasteiger partial charge >= 0.3 is 0 Å². The van der Waals surface area contributed by atoms with E-state index < -0.39 is 12.2 Å². The van der Waals surface area contributed by atoms with Gasteiger partial charge in [0.1, 0.15) is 0 Å². The van der Waals surface area contributed by atoms with E-state index in [0.29, 0.717) is 32.7 Å². The summed E-state index contributed by atoms with van der Waals surface area (Å²) in [6.07, 6.45) is 0.635. The highest BCUT2D eigenvalue weighted by Gasteiger charge is 2.28. The molecule has 1 aromatic rings. The Bertz CT molecular complexity index is 350. The topological polar surface area (TPSA) is 62.2 Å². The van der Waals surface area contributed by atoms with Crippen LogP contribution in [-0.4, -0.2) is 41.7 Å². The monoisotopic (exact) mass is 266 g/mol. The lowest BCUT2D eigenvalue weighted by Gasteiger charge is -2.16. The zero-order chi connectivity index (χ0) is 13.5. The Labute approximate surface area is 114 Å². The number of benzene rings is 1. The first-order valence-corrected chi connectivity index (χ1v) is 6.85. The molecule has 3 atom stereocenters. The lowest BCUT2D eigenvalue weighted by molar-refractivity contribution is -0.000586. The van der Waals surface area contributed by atoms with E-state index in [9.17, 15) is 10.2 Å². The Hall–Kier alpha value is -0.940. The number of hydrogen-bond acceptors (Lipinski definition) is 4. The van der Waals surface area contributed by atoms with Crippen molar-refractivity contribution in [3.8, 4) is 0 Å². The molecule has 0 saturated carbocycles. The van der Waals surface area contributed by atoms with Gasteiger partial charge in [0.15, 0.2) is 0 Å². The van der Waals surface area contributed by atoms with Gasteiger partial charge < -0.3 is 19.7 Å². The highest BCUT2D eigenvalue weighted by molar-refractivity contribution is 5.13. The summed E-state index contributed by atoms with van der Waals surface area (Å²) in [5.41, 5.74) is 1.15. The summed E-state index contributed by atoms with van der Waals surface area (Å²) in [7, 11) is 0. The minimum atomic E-state index is -0.679. The van der Waals surface area contributed by atoms with Crippen molar-refractivity contribution in [3.63, 3.8) is 0 Å². The Kier molecular flexibility index (Phi) is 5.79. The first-order valence-electron chi connectivity index (χ1n) is 6.85. The summed E-state index contributed by atoms with van der Waals surface area (Å²) >= 11 is 0. The Balaban J connectivity index is 1.51. The SMILES string of the molecule is O[C@@H](CCCOCc1ccccc1)[C@@H](O)CC1CO1. The molecule has 0 aliphatic carbocycles. The number of epoxide rings is 1. The Morgan fingerprint density at radius 3 is 2.63 bits per heavy atom. The van der Waals surface area contributed by atoms with Gasteiger partial charge in [-0.25, -0.2) is 0 Å². The van der Waals surface area contributed by atoms with Crippen LogP contribution in [0.5, 0.6) is 0 Å². The van der Waals surface area contributed by atoms with E-state index in [0.717, 1.165) is 12.0 Å². The molecule has 1 aromatic carbocycles. The van der Waals surface area contributed by atoms with Gasteiger partial charge in [-0.05, 0) is 18.4 Å².